The Kier molecular flexibility index (Phi) is 8.20. The summed E-state index contributed by atoms with van der Waals surface area (Å²) in [7, 11) is 0. The smallest absolute Gasteiger partial charge is 0.408 e. The molecule has 10 heteroatoms. The molecule has 0 aliphatic heterocycles. The minimum atomic E-state index is -1.16. The molecule has 206 valence electrons. The van der Waals surface area contributed by atoms with E-state index in [-0.39, 0.29) is 13.0 Å². The Morgan fingerprint density at radius 2 is 1.56 bits per heavy atom. The number of hydrogen-bond acceptors (Lipinski definition) is 5. The minimum Gasteiger partial charge on any atom is -0.480 e. The Morgan fingerprint density at radius 3 is 2.32 bits per heavy atom. The number of urea groups is 1. The average Bonchev–Trinajstić information content (AvgIpc) is 3.39. The number of aromatic nitrogens is 2. The molecule has 5 aromatic rings. The predicted molar refractivity (Wildman–Crippen MR) is 156 cm³/mol. The number of rotatable bonds is 9. The topological polar surface area (TPSA) is 145 Å². The van der Waals surface area contributed by atoms with Gasteiger partial charge in [0.2, 0.25) is 5.95 Å². The molecule has 1 atom stereocenters. The van der Waals surface area contributed by atoms with Crippen molar-refractivity contribution in [3.05, 3.63) is 114 Å². The Bertz CT molecular complexity index is 1630. The van der Waals surface area contributed by atoms with Crippen molar-refractivity contribution in [2.75, 3.05) is 10.6 Å². The maximum Gasteiger partial charge on any atom is 0.408 e. The molecule has 0 saturated heterocycles. The van der Waals surface area contributed by atoms with Crippen molar-refractivity contribution < 1.29 is 24.2 Å². The van der Waals surface area contributed by atoms with Crippen LogP contribution in [-0.2, 0) is 22.6 Å². The van der Waals surface area contributed by atoms with Crippen LogP contribution in [0.5, 0.6) is 0 Å². The lowest BCUT2D eigenvalue weighted by molar-refractivity contribution is -0.139. The lowest BCUT2D eigenvalue weighted by Gasteiger charge is -2.15. The second-order valence-corrected chi connectivity index (χ2v) is 9.26. The van der Waals surface area contributed by atoms with Gasteiger partial charge in [0, 0.05) is 12.1 Å². The van der Waals surface area contributed by atoms with Crippen LogP contribution in [0.15, 0.2) is 103 Å². The molecule has 1 aromatic heterocycles. The maximum atomic E-state index is 12.5. The summed E-state index contributed by atoms with van der Waals surface area (Å²) in [6.07, 6.45) is -0.717. The molecule has 41 heavy (non-hydrogen) atoms. The SMILES string of the molecule is O=C(Nc1cccc(-c2ccc(C[C@H](NC(=O)OCc3ccccc3)C(=O)O)cc2)c1)Nc1nc2ccccc2[nH]1. The summed E-state index contributed by atoms with van der Waals surface area (Å²) in [4.78, 5) is 43.9. The van der Waals surface area contributed by atoms with Gasteiger partial charge in [-0.1, -0.05) is 78.9 Å². The van der Waals surface area contributed by atoms with Crippen molar-refractivity contribution in [2.24, 2.45) is 0 Å². The van der Waals surface area contributed by atoms with Gasteiger partial charge in [0.15, 0.2) is 0 Å². The number of nitrogens with one attached hydrogen (secondary N) is 4. The highest BCUT2D eigenvalue weighted by Gasteiger charge is 2.21. The van der Waals surface area contributed by atoms with E-state index in [0.717, 1.165) is 33.3 Å². The number of aromatic amines is 1. The molecule has 4 aromatic carbocycles. The first kappa shape index (κ1) is 26.9. The summed E-state index contributed by atoms with van der Waals surface area (Å²) < 4.78 is 5.16. The summed E-state index contributed by atoms with van der Waals surface area (Å²) in [5.41, 5.74) is 5.42. The van der Waals surface area contributed by atoms with Crippen LogP contribution in [0, 0.1) is 0 Å². The summed E-state index contributed by atoms with van der Waals surface area (Å²) in [6, 6.07) is 29.7. The predicted octanol–water partition coefficient (Wildman–Crippen LogP) is 5.80. The molecule has 0 fully saturated rings. The monoisotopic (exact) mass is 549 g/mol. The van der Waals surface area contributed by atoms with Crippen LogP contribution in [0.1, 0.15) is 11.1 Å². The summed E-state index contributed by atoms with van der Waals surface area (Å²) in [6.45, 7) is 0.0448. The van der Waals surface area contributed by atoms with E-state index in [1.165, 1.54) is 0 Å². The number of benzene rings is 4. The van der Waals surface area contributed by atoms with Gasteiger partial charge in [0.1, 0.15) is 12.6 Å². The lowest BCUT2D eigenvalue weighted by atomic mass is 10.0. The summed E-state index contributed by atoms with van der Waals surface area (Å²) in [5.74, 6) is -0.820. The third kappa shape index (κ3) is 7.27. The molecule has 0 aliphatic carbocycles. The number of carboxylic acids is 1. The quantitative estimate of drug-likeness (QED) is 0.157. The van der Waals surface area contributed by atoms with E-state index in [1.54, 1.807) is 18.2 Å². The van der Waals surface area contributed by atoms with Crippen LogP contribution in [0.3, 0.4) is 0 Å². The molecular weight excluding hydrogens is 522 g/mol. The van der Waals surface area contributed by atoms with Crippen LogP contribution in [-0.4, -0.2) is 39.2 Å². The van der Waals surface area contributed by atoms with Crippen LogP contribution in [0.25, 0.3) is 22.2 Å². The molecule has 1 heterocycles. The average molecular weight is 550 g/mol. The zero-order valence-electron chi connectivity index (χ0n) is 21.8. The number of ether oxygens (including phenoxy) is 1. The Hall–Kier alpha value is -5.64. The Balaban J connectivity index is 1.17. The molecule has 0 bridgehead atoms. The fraction of sp³-hybridized carbons (Fsp3) is 0.0968. The Morgan fingerprint density at radius 1 is 0.805 bits per heavy atom. The molecule has 0 radical (unpaired) electrons. The number of para-hydroxylation sites is 2. The highest BCUT2D eigenvalue weighted by molar-refractivity contribution is 5.99. The van der Waals surface area contributed by atoms with Gasteiger partial charge >= 0.3 is 18.1 Å². The van der Waals surface area contributed by atoms with Crippen molar-refractivity contribution in [3.8, 4) is 11.1 Å². The number of aliphatic carboxylic acids is 1. The zero-order chi connectivity index (χ0) is 28.6. The van der Waals surface area contributed by atoms with Crippen molar-refractivity contribution in [1.29, 1.82) is 0 Å². The number of carbonyl (C=O) groups excluding carboxylic acids is 2. The molecule has 10 nitrogen and oxygen atoms in total. The van der Waals surface area contributed by atoms with Crippen LogP contribution < -0.4 is 16.0 Å². The lowest BCUT2D eigenvalue weighted by Crippen LogP contribution is -2.42. The van der Waals surface area contributed by atoms with Gasteiger partial charge in [-0.3, -0.25) is 5.32 Å². The van der Waals surface area contributed by atoms with Gasteiger partial charge in [-0.15, -0.1) is 0 Å². The van der Waals surface area contributed by atoms with Crippen molar-refractivity contribution >= 4 is 40.8 Å². The largest absolute Gasteiger partial charge is 0.480 e. The van der Waals surface area contributed by atoms with Gasteiger partial charge in [-0.25, -0.2) is 19.4 Å². The molecular formula is C31H27N5O5. The van der Waals surface area contributed by atoms with Crippen LogP contribution >= 0.6 is 0 Å². The van der Waals surface area contributed by atoms with Crippen LogP contribution in [0.4, 0.5) is 21.2 Å². The van der Waals surface area contributed by atoms with E-state index in [2.05, 4.69) is 25.9 Å². The molecule has 0 saturated carbocycles. The molecule has 0 aliphatic rings. The van der Waals surface area contributed by atoms with Crippen LogP contribution in [0.2, 0.25) is 0 Å². The molecule has 0 unspecified atom stereocenters. The van der Waals surface area contributed by atoms with Gasteiger partial charge in [0.05, 0.1) is 11.0 Å². The summed E-state index contributed by atoms with van der Waals surface area (Å²) in [5, 5.41) is 17.5. The number of amides is 3. The van der Waals surface area contributed by atoms with E-state index in [1.807, 2.05) is 84.9 Å². The molecule has 3 amide bonds. The van der Waals surface area contributed by atoms with E-state index in [0.29, 0.717) is 11.6 Å². The number of alkyl carbamates (subject to hydrolysis) is 1. The second kappa shape index (κ2) is 12.5. The number of nitrogens with zero attached hydrogens (tertiary/aromatic N) is 1. The third-order valence-electron chi connectivity index (χ3n) is 6.27. The zero-order valence-corrected chi connectivity index (χ0v) is 21.8. The second-order valence-electron chi connectivity index (χ2n) is 9.26. The highest BCUT2D eigenvalue weighted by Crippen LogP contribution is 2.24. The number of anilines is 2. The van der Waals surface area contributed by atoms with Gasteiger partial charge < -0.3 is 25.5 Å². The first-order chi connectivity index (χ1) is 19.9. The number of H-pyrrole nitrogens is 1. The normalized spacial score (nSPS) is 11.4. The number of carbonyl (C=O) groups is 3. The van der Waals surface area contributed by atoms with Crippen molar-refractivity contribution in [3.63, 3.8) is 0 Å². The first-order valence-electron chi connectivity index (χ1n) is 12.8. The van der Waals surface area contributed by atoms with E-state index >= 15 is 0 Å². The van der Waals surface area contributed by atoms with Gasteiger partial charge in [-0.05, 0) is 46.5 Å². The molecule has 0 spiro atoms. The van der Waals surface area contributed by atoms with Gasteiger partial charge in [-0.2, -0.15) is 0 Å². The van der Waals surface area contributed by atoms with E-state index < -0.39 is 24.1 Å². The third-order valence-corrected chi connectivity index (χ3v) is 6.27. The van der Waals surface area contributed by atoms with E-state index in [4.69, 9.17) is 4.74 Å². The fourth-order valence-corrected chi connectivity index (χ4v) is 4.23. The van der Waals surface area contributed by atoms with Crippen molar-refractivity contribution in [2.45, 2.75) is 19.1 Å². The summed E-state index contributed by atoms with van der Waals surface area (Å²) >= 11 is 0. The maximum absolute atomic E-state index is 12.5. The van der Waals surface area contributed by atoms with Crippen molar-refractivity contribution in [1.82, 2.24) is 15.3 Å². The minimum absolute atomic E-state index is 0.0448. The number of fused-ring (bicyclic) bond motifs is 1. The Labute approximate surface area is 235 Å². The number of imidazole rings is 1. The molecule has 5 rings (SSSR count). The van der Waals surface area contributed by atoms with E-state index in [9.17, 15) is 19.5 Å². The molecule has 5 N–H and O–H groups in total. The highest BCUT2D eigenvalue weighted by atomic mass is 16.5. The first-order valence-corrected chi connectivity index (χ1v) is 12.8. The standard InChI is InChI=1S/C31H27N5O5/c37-28(38)27(35-31(40)41-19-21-7-2-1-3-8-21)17-20-13-15-22(16-14-20)23-9-6-10-24(18-23)32-30(39)36-29-33-25-11-4-5-12-26(25)34-29/h1-16,18,27H,17,19H2,(H,35,40)(H,37,38)(H3,32,33,34,36,39)/t27-/m0/s1. The fourth-order valence-electron chi connectivity index (χ4n) is 4.23. The van der Waals surface area contributed by atoms with Gasteiger partial charge in [0.25, 0.3) is 0 Å². The number of carboxylic acid groups (broad SMARTS) is 1. The number of hydrogen-bond donors (Lipinski definition) is 5.